The molecular weight excluding hydrogens is 226 g/mol. The molecule has 94 valence electrons. The van der Waals surface area contributed by atoms with E-state index in [0.717, 1.165) is 22.6 Å². The van der Waals surface area contributed by atoms with Crippen LogP contribution < -0.4 is 16.0 Å². The van der Waals surface area contributed by atoms with Crippen molar-refractivity contribution in [2.45, 2.75) is 13.0 Å². The van der Waals surface area contributed by atoms with Crippen molar-refractivity contribution in [2.75, 3.05) is 7.11 Å². The Morgan fingerprint density at radius 1 is 1.28 bits per heavy atom. The van der Waals surface area contributed by atoms with Gasteiger partial charge < -0.3 is 4.74 Å². The first-order chi connectivity index (χ1) is 8.76. The van der Waals surface area contributed by atoms with Crippen molar-refractivity contribution >= 4 is 0 Å². The Morgan fingerprint density at radius 3 is 2.72 bits per heavy atom. The number of para-hydroxylation sites is 1. The van der Waals surface area contributed by atoms with Gasteiger partial charge in [0.05, 0.1) is 13.2 Å². The molecule has 0 aliphatic rings. The third-order valence-corrected chi connectivity index (χ3v) is 2.87. The van der Waals surface area contributed by atoms with Gasteiger partial charge >= 0.3 is 0 Å². The van der Waals surface area contributed by atoms with Crippen LogP contribution in [-0.4, -0.2) is 12.1 Å². The molecule has 1 heterocycles. The molecule has 0 aliphatic carbocycles. The quantitative estimate of drug-likeness (QED) is 0.636. The minimum atomic E-state index is -0.108. The Hall–Kier alpha value is -1.91. The summed E-state index contributed by atoms with van der Waals surface area (Å²) in [6.07, 6.45) is 1.78. The molecule has 3 N–H and O–H groups in total. The summed E-state index contributed by atoms with van der Waals surface area (Å²) in [6, 6.07) is 11.7. The molecule has 0 saturated carbocycles. The Balaban J connectivity index is 2.45. The third-order valence-electron chi connectivity index (χ3n) is 2.87. The number of rotatable bonds is 4. The van der Waals surface area contributed by atoms with E-state index in [1.54, 1.807) is 13.3 Å². The fourth-order valence-corrected chi connectivity index (χ4v) is 2.02. The molecule has 0 aliphatic heterocycles. The number of ether oxygens (including phenoxy) is 1. The van der Waals surface area contributed by atoms with Crippen LogP contribution in [0.25, 0.3) is 0 Å². The average molecular weight is 243 g/mol. The lowest BCUT2D eigenvalue weighted by Crippen LogP contribution is -2.29. The summed E-state index contributed by atoms with van der Waals surface area (Å²) in [5.74, 6) is 6.50. The lowest BCUT2D eigenvalue weighted by atomic mass is 9.99. The first-order valence-corrected chi connectivity index (χ1v) is 5.78. The van der Waals surface area contributed by atoms with Crippen LogP contribution in [0.15, 0.2) is 42.6 Å². The van der Waals surface area contributed by atoms with Crippen molar-refractivity contribution in [2.24, 2.45) is 5.84 Å². The first-order valence-electron chi connectivity index (χ1n) is 5.78. The molecule has 0 fully saturated rings. The highest BCUT2D eigenvalue weighted by Crippen LogP contribution is 2.29. The van der Waals surface area contributed by atoms with Gasteiger partial charge in [-0.1, -0.05) is 18.2 Å². The van der Waals surface area contributed by atoms with Crippen LogP contribution in [-0.2, 0) is 0 Å². The molecule has 1 aromatic heterocycles. The van der Waals surface area contributed by atoms with E-state index < -0.39 is 0 Å². The molecule has 18 heavy (non-hydrogen) atoms. The molecule has 0 amide bonds. The van der Waals surface area contributed by atoms with Crippen molar-refractivity contribution < 1.29 is 4.74 Å². The van der Waals surface area contributed by atoms with Gasteiger partial charge in [0.15, 0.2) is 0 Å². The second-order valence-corrected chi connectivity index (χ2v) is 4.07. The van der Waals surface area contributed by atoms with Crippen molar-refractivity contribution in [1.82, 2.24) is 10.4 Å². The van der Waals surface area contributed by atoms with Crippen LogP contribution in [0.4, 0.5) is 0 Å². The van der Waals surface area contributed by atoms with Crippen LogP contribution in [0, 0.1) is 6.92 Å². The zero-order chi connectivity index (χ0) is 13.0. The highest BCUT2D eigenvalue weighted by atomic mass is 16.5. The SMILES string of the molecule is COc1ccccc1C(NN)c1ccnc(C)c1. The zero-order valence-electron chi connectivity index (χ0n) is 10.6. The van der Waals surface area contributed by atoms with Gasteiger partial charge in [0.1, 0.15) is 5.75 Å². The lowest BCUT2D eigenvalue weighted by molar-refractivity contribution is 0.404. The predicted octanol–water partition coefficient (Wildman–Crippen LogP) is 1.95. The number of nitrogens with two attached hydrogens (primary N) is 1. The highest BCUT2D eigenvalue weighted by Gasteiger charge is 2.16. The van der Waals surface area contributed by atoms with E-state index in [-0.39, 0.29) is 6.04 Å². The van der Waals surface area contributed by atoms with Gasteiger partial charge in [0, 0.05) is 17.5 Å². The Labute approximate surface area is 107 Å². The standard InChI is InChI=1S/C14H17N3O/c1-10-9-11(7-8-16-10)14(17-15)12-5-3-4-6-13(12)18-2/h3-9,14,17H,15H2,1-2H3. The maximum Gasteiger partial charge on any atom is 0.124 e. The number of nitrogens with one attached hydrogen (secondary N) is 1. The Bertz CT molecular complexity index is 528. The largest absolute Gasteiger partial charge is 0.496 e. The van der Waals surface area contributed by atoms with E-state index in [9.17, 15) is 0 Å². The summed E-state index contributed by atoms with van der Waals surface area (Å²) in [5, 5.41) is 0. The maximum absolute atomic E-state index is 5.68. The number of aryl methyl sites for hydroxylation is 1. The number of aromatic nitrogens is 1. The van der Waals surface area contributed by atoms with E-state index in [1.165, 1.54) is 0 Å². The fourth-order valence-electron chi connectivity index (χ4n) is 2.02. The monoisotopic (exact) mass is 243 g/mol. The summed E-state index contributed by atoms with van der Waals surface area (Å²) >= 11 is 0. The number of hydrazine groups is 1. The molecule has 0 saturated heterocycles. The average Bonchev–Trinajstić information content (AvgIpc) is 2.40. The smallest absolute Gasteiger partial charge is 0.124 e. The van der Waals surface area contributed by atoms with Gasteiger partial charge in [-0.05, 0) is 30.7 Å². The molecule has 0 radical (unpaired) electrons. The zero-order valence-corrected chi connectivity index (χ0v) is 10.6. The summed E-state index contributed by atoms with van der Waals surface area (Å²) in [6.45, 7) is 1.96. The van der Waals surface area contributed by atoms with Crippen LogP contribution in [0.1, 0.15) is 22.9 Å². The molecule has 4 heteroatoms. The van der Waals surface area contributed by atoms with Gasteiger partial charge in [-0.15, -0.1) is 0 Å². The van der Waals surface area contributed by atoms with Gasteiger partial charge in [-0.3, -0.25) is 10.8 Å². The minimum absolute atomic E-state index is 0.108. The van der Waals surface area contributed by atoms with E-state index in [4.69, 9.17) is 10.6 Å². The molecule has 0 bridgehead atoms. The second kappa shape index (κ2) is 5.62. The van der Waals surface area contributed by atoms with Crippen LogP contribution in [0.3, 0.4) is 0 Å². The minimum Gasteiger partial charge on any atom is -0.496 e. The normalized spacial score (nSPS) is 12.2. The Kier molecular flexibility index (Phi) is 3.92. The number of pyridine rings is 1. The van der Waals surface area contributed by atoms with Crippen molar-refractivity contribution in [3.8, 4) is 5.75 Å². The van der Waals surface area contributed by atoms with E-state index in [2.05, 4.69) is 10.4 Å². The summed E-state index contributed by atoms with van der Waals surface area (Å²) in [4.78, 5) is 4.19. The fraction of sp³-hybridized carbons (Fsp3) is 0.214. The van der Waals surface area contributed by atoms with Gasteiger partial charge in [-0.2, -0.15) is 0 Å². The summed E-state index contributed by atoms with van der Waals surface area (Å²) < 4.78 is 5.37. The molecule has 4 nitrogen and oxygen atoms in total. The van der Waals surface area contributed by atoms with E-state index in [0.29, 0.717) is 0 Å². The van der Waals surface area contributed by atoms with E-state index in [1.807, 2.05) is 43.3 Å². The van der Waals surface area contributed by atoms with Crippen LogP contribution in [0.2, 0.25) is 0 Å². The highest BCUT2D eigenvalue weighted by molar-refractivity contribution is 5.41. The third kappa shape index (κ3) is 2.50. The predicted molar refractivity (Wildman–Crippen MR) is 71.1 cm³/mol. The molecule has 0 spiro atoms. The molecule has 1 aromatic carbocycles. The number of hydrogen-bond donors (Lipinski definition) is 2. The first kappa shape index (κ1) is 12.5. The molecule has 2 aromatic rings. The number of nitrogens with zero attached hydrogens (tertiary/aromatic N) is 1. The molecule has 2 rings (SSSR count). The van der Waals surface area contributed by atoms with E-state index >= 15 is 0 Å². The van der Waals surface area contributed by atoms with Gasteiger partial charge in [0.2, 0.25) is 0 Å². The van der Waals surface area contributed by atoms with Gasteiger partial charge in [0.25, 0.3) is 0 Å². The van der Waals surface area contributed by atoms with Crippen LogP contribution in [0.5, 0.6) is 5.75 Å². The van der Waals surface area contributed by atoms with Crippen LogP contribution >= 0.6 is 0 Å². The Morgan fingerprint density at radius 2 is 2.06 bits per heavy atom. The van der Waals surface area contributed by atoms with Gasteiger partial charge in [-0.25, -0.2) is 5.43 Å². The number of benzene rings is 1. The van der Waals surface area contributed by atoms with Crippen molar-refractivity contribution in [1.29, 1.82) is 0 Å². The maximum atomic E-state index is 5.68. The molecule has 1 unspecified atom stereocenters. The molecular formula is C14H17N3O. The second-order valence-electron chi connectivity index (χ2n) is 4.07. The lowest BCUT2D eigenvalue weighted by Gasteiger charge is -2.19. The number of hydrogen-bond acceptors (Lipinski definition) is 4. The number of methoxy groups -OCH3 is 1. The summed E-state index contributed by atoms with van der Waals surface area (Å²) in [5.41, 5.74) is 5.86. The topological polar surface area (TPSA) is 60.2 Å². The summed E-state index contributed by atoms with van der Waals surface area (Å²) in [7, 11) is 1.66. The van der Waals surface area contributed by atoms with Crippen molar-refractivity contribution in [3.63, 3.8) is 0 Å². The molecule has 1 atom stereocenters. The van der Waals surface area contributed by atoms with Crippen molar-refractivity contribution in [3.05, 3.63) is 59.4 Å².